The van der Waals surface area contributed by atoms with Crippen LogP contribution in [0.2, 0.25) is 0 Å². The Hall–Kier alpha value is -8.45. The van der Waals surface area contributed by atoms with Gasteiger partial charge in [-0.05, 0) is 138 Å². The molecule has 0 fully saturated rings. The van der Waals surface area contributed by atoms with Crippen molar-refractivity contribution < 1.29 is 0 Å². The number of rotatable bonds is 13. The van der Waals surface area contributed by atoms with E-state index >= 15 is 0 Å². The molecule has 77 heavy (non-hydrogen) atoms. The molecule has 11 aromatic rings. The summed E-state index contributed by atoms with van der Waals surface area (Å²) >= 11 is 5.78. The summed E-state index contributed by atoms with van der Waals surface area (Å²) in [6.45, 7) is 23.2. The fourth-order valence-corrected chi connectivity index (χ4v) is 9.23. The minimum absolute atomic E-state index is 0.376. The Morgan fingerprint density at radius 1 is 0.532 bits per heavy atom. The number of nitrogens with one attached hydrogen (secondary N) is 3. The van der Waals surface area contributed by atoms with Crippen LogP contribution in [0.4, 0.5) is 34.6 Å². The molecule has 14 nitrogen and oxygen atoms in total. The van der Waals surface area contributed by atoms with Crippen LogP contribution < -0.4 is 20.9 Å². The van der Waals surface area contributed by atoms with Crippen molar-refractivity contribution in [2.75, 3.05) is 47.5 Å². The van der Waals surface area contributed by atoms with Gasteiger partial charge in [0.25, 0.3) is 0 Å². The van der Waals surface area contributed by atoms with Crippen LogP contribution in [0, 0.1) is 16.7 Å². The van der Waals surface area contributed by atoms with E-state index in [1.54, 1.807) is 37.4 Å². The van der Waals surface area contributed by atoms with Gasteiger partial charge in [0.15, 0.2) is 11.4 Å². The summed E-state index contributed by atoms with van der Waals surface area (Å²) in [7, 11) is 2.06. The summed E-state index contributed by atoms with van der Waals surface area (Å²) in [6.07, 6.45) is 9.25. The molecule has 0 atom stereocenters. The van der Waals surface area contributed by atoms with E-state index in [4.69, 9.17) is 13.1 Å². The van der Waals surface area contributed by atoms with E-state index in [9.17, 15) is 0 Å². The SMILES string of the molecule is CC(C)Nc1ncnc2ccc(I)cc12.CCCN(C)c1ncnc2ccc(Br)cc12.[C-]#[N+]c1ccc2ncnc(NCCc3ccc4ccccc4c3)c2c1.[C-]#[N+]c1ccc2ncnc(NCCc3ccccc3)c2c1. The number of halogens is 2. The average Bonchev–Trinajstić information content (AvgIpc) is 3.46. The first kappa shape index (κ1) is 54.8. The zero-order valence-electron chi connectivity index (χ0n) is 43.2. The van der Waals surface area contributed by atoms with Gasteiger partial charge >= 0.3 is 0 Å². The number of aromatic nitrogens is 8. The van der Waals surface area contributed by atoms with Gasteiger partial charge in [0.2, 0.25) is 0 Å². The van der Waals surface area contributed by atoms with E-state index in [0.29, 0.717) is 17.4 Å². The Kier molecular flexibility index (Phi) is 19.5. The molecule has 0 saturated heterocycles. The van der Waals surface area contributed by atoms with E-state index in [1.807, 2.05) is 60.7 Å². The fourth-order valence-electron chi connectivity index (χ4n) is 8.38. The van der Waals surface area contributed by atoms with Crippen molar-refractivity contribution in [3.05, 3.63) is 213 Å². The van der Waals surface area contributed by atoms with Gasteiger partial charge in [-0.3, -0.25) is 0 Å². The van der Waals surface area contributed by atoms with Crippen LogP contribution in [0.25, 0.3) is 64.1 Å². The molecule has 0 bridgehead atoms. The lowest BCUT2D eigenvalue weighted by Gasteiger charge is -2.18. The van der Waals surface area contributed by atoms with Crippen molar-refractivity contribution in [2.24, 2.45) is 0 Å². The first-order valence-corrected chi connectivity index (χ1v) is 27.0. The molecule has 0 aliphatic heterocycles. The summed E-state index contributed by atoms with van der Waals surface area (Å²) in [6, 6.07) is 48.8. The number of fused-ring (bicyclic) bond motifs is 5. The van der Waals surface area contributed by atoms with Gasteiger partial charge in [0.1, 0.15) is 48.6 Å². The quantitative estimate of drug-likeness (QED) is 0.0744. The molecule has 0 aliphatic carbocycles. The predicted octanol–water partition coefficient (Wildman–Crippen LogP) is 15.1. The first-order valence-electron chi connectivity index (χ1n) is 25.1. The van der Waals surface area contributed by atoms with Crippen LogP contribution >= 0.6 is 38.5 Å². The predicted molar refractivity (Wildman–Crippen MR) is 328 cm³/mol. The van der Waals surface area contributed by atoms with Gasteiger partial charge < -0.3 is 20.9 Å². The molecule has 11 rings (SSSR count). The molecule has 4 heterocycles. The zero-order valence-corrected chi connectivity index (χ0v) is 46.9. The summed E-state index contributed by atoms with van der Waals surface area (Å²) in [5.41, 5.74) is 7.42. The van der Waals surface area contributed by atoms with E-state index in [0.717, 1.165) is 110 Å². The highest BCUT2D eigenvalue weighted by atomic mass is 127. The summed E-state index contributed by atoms with van der Waals surface area (Å²) in [4.78, 5) is 43.4. The smallest absolute Gasteiger partial charge is 0.188 e. The molecular formula is C61H56BrIN14. The molecule has 0 aliphatic rings. The van der Waals surface area contributed by atoms with Gasteiger partial charge in [-0.25, -0.2) is 49.6 Å². The maximum atomic E-state index is 7.17. The van der Waals surface area contributed by atoms with Crippen molar-refractivity contribution in [1.29, 1.82) is 0 Å². The lowest BCUT2D eigenvalue weighted by Crippen LogP contribution is -2.19. The van der Waals surface area contributed by atoms with Gasteiger partial charge in [-0.2, -0.15) is 0 Å². The number of anilines is 4. The maximum Gasteiger partial charge on any atom is 0.188 e. The van der Waals surface area contributed by atoms with E-state index in [1.165, 1.54) is 25.5 Å². The minimum atomic E-state index is 0.376. The van der Waals surface area contributed by atoms with Gasteiger partial charge in [-0.15, -0.1) is 0 Å². The lowest BCUT2D eigenvalue weighted by atomic mass is 10.1. The molecule has 7 aromatic carbocycles. The number of hydrogen-bond donors (Lipinski definition) is 3. The highest BCUT2D eigenvalue weighted by Gasteiger charge is 2.10. The summed E-state index contributed by atoms with van der Waals surface area (Å²) < 4.78 is 2.25. The van der Waals surface area contributed by atoms with Gasteiger partial charge in [-0.1, -0.05) is 108 Å². The minimum Gasteiger partial charge on any atom is -0.369 e. The monoisotopic (exact) mass is 1190 g/mol. The molecule has 384 valence electrons. The first-order chi connectivity index (χ1) is 37.6. The van der Waals surface area contributed by atoms with Crippen molar-refractivity contribution in [1.82, 2.24) is 39.9 Å². The standard InChI is InChI=1S/C21H16N4.C17H14N4.C12H14BrN3.C11H12IN3/c1-22-18-8-9-20-19(13-18)21(25-14-24-20)23-11-10-15-6-7-16-4-2-3-5-17(16)12-15;1-18-14-7-8-16-15(11-14)17(21-12-20-16)19-10-9-13-5-3-2-4-6-13;1-3-6-16(2)12-10-7-9(13)4-5-11(10)14-8-15-12;1-7(2)15-11-9-5-8(12)3-4-10(9)13-6-14-11/h2-9,12-14H,10-11H2,(H,23,24,25);2-8,11-12H,9-10H2,(H,19,20,21);4-5,7-8H,3,6H2,1-2H3;3-7H,1-2H3,(H,13,14,15). The average molecular weight is 1190 g/mol. The lowest BCUT2D eigenvalue weighted by molar-refractivity contribution is 0.840. The molecule has 0 radical (unpaired) electrons. The Labute approximate surface area is 470 Å². The van der Waals surface area contributed by atoms with Crippen molar-refractivity contribution >= 4 is 128 Å². The molecule has 16 heteroatoms. The third-order valence-corrected chi connectivity index (χ3v) is 13.2. The number of hydrogen-bond acceptors (Lipinski definition) is 12. The second-order valence-electron chi connectivity index (χ2n) is 18.1. The van der Waals surface area contributed by atoms with Crippen molar-refractivity contribution in [3.8, 4) is 0 Å². The molecule has 0 saturated carbocycles. The van der Waals surface area contributed by atoms with Crippen LogP contribution in [0.1, 0.15) is 38.3 Å². The molecule has 4 aromatic heterocycles. The van der Waals surface area contributed by atoms with Crippen LogP contribution in [-0.2, 0) is 12.8 Å². The molecule has 0 amide bonds. The van der Waals surface area contributed by atoms with Crippen LogP contribution in [-0.4, -0.2) is 72.6 Å². The largest absolute Gasteiger partial charge is 0.369 e. The van der Waals surface area contributed by atoms with Crippen LogP contribution in [0.15, 0.2) is 175 Å². The Balaban J connectivity index is 0.000000139. The van der Waals surface area contributed by atoms with E-state index in [-0.39, 0.29) is 0 Å². The highest BCUT2D eigenvalue weighted by Crippen LogP contribution is 2.28. The molecule has 0 spiro atoms. The van der Waals surface area contributed by atoms with Crippen LogP contribution in [0.5, 0.6) is 0 Å². The number of benzene rings is 7. The maximum absolute atomic E-state index is 7.17. The fraction of sp³-hybridized carbons (Fsp3) is 0.180. The highest BCUT2D eigenvalue weighted by molar-refractivity contribution is 14.1. The second kappa shape index (κ2) is 27.4. The van der Waals surface area contributed by atoms with Gasteiger partial charge in [0, 0.05) is 62.3 Å². The molecular weight excluding hydrogens is 1140 g/mol. The molecule has 3 N–H and O–H groups in total. The third-order valence-electron chi connectivity index (χ3n) is 12.1. The third kappa shape index (κ3) is 15.1. The summed E-state index contributed by atoms with van der Waals surface area (Å²) in [5.74, 6) is 3.46. The number of nitrogens with zero attached hydrogens (tertiary/aromatic N) is 11. The Morgan fingerprint density at radius 2 is 1.05 bits per heavy atom. The van der Waals surface area contributed by atoms with E-state index in [2.05, 4.69) is 210 Å². The van der Waals surface area contributed by atoms with Gasteiger partial charge in [0.05, 0.1) is 35.2 Å². The summed E-state index contributed by atoms with van der Waals surface area (Å²) in [5, 5.41) is 16.5. The van der Waals surface area contributed by atoms with Crippen molar-refractivity contribution in [3.63, 3.8) is 0 Å². The van der Waals surface area contributed by atoms with Crippen molar-refractivity contribution in [2.45, 2.75) is 46.1 Å². The topological polar surface area (TPSA) is 151 Å². The van der Waals surface area contributed by atoms with E-state index < -0.39 is 0 Å². The Morgan fingerprint density at radius 3 is 1.65 bits per heavy atom. The Bertz CT molecular complexity index is 3850. The zero-order chi connectivity index (χ0) is 53.9. The van der Waals surface area contributed by atoms with Crippen LogP contribution in [0.3, 0.4) is 0 Å². The normalized spacial score (nSPS) is 10.6. The second-order valence-corrected chi connectivity index (χ2v) is 20.2. The molecule has 0 unspecified atom stereocenters.